The SMILES string of the molecule is CCOCCOc1cc(C)ccc1CNC(=NC)NCc1ccc(OC)c(OC)c1.I. The lowest BCUT2D eigenvalue weighted by atomic mass is 10.1. The number of rotatable bonds is 11. The molecule has 0 aromatic heterocycles. The minimum absolute atomic E-state index is 0. The molecule has 0 aliphatic carbocycles. The van der Waals surface area contributed by atoms with Crippen molar-refractivity contribution >= 4 is 29.9 Å². The van der Waals surface area contributed by atoms with Gasteiger partial charge >= 0.3 is 0 Å². The van der Waals surface area contributed by atoms with E-state index in [-0.39, 0.29) is 24.0 Å². The molecule has 0 atom stereocenters. The number of benzene rings is 2. The third kappa shape index (κ3) is 8.82. The predicted molar refractivity (Wildman–Crippen MR) is 135 cm³/mol. The first kappa shape index (κ1) is 26.8. The molecule has 7 nitrogen and oxygen atoms in total. The number of methoxy groups -OCH3 is 2. The van der Waals surface area contributed by atoms with Crippen LogP contribution in [-0.4, -0.2) is 47.0 Å². The van der Waals surface area contributed by atoms with Crippen molar-refractivity contribution in [3.63, 3.8) is 0 Å². The van der Waals surface area contributed by atoms with Crippen LogP contribution in [0.3, 0.4) is 0 Å². The summed E-state index contributed by atoms with van der Waals surface area (Å²) in [5, 5.41) is 6.66. The van der Waals surface area contributed by atoms with E-state index in [0.717, 1.165) is 22.4 Å². The van der Waals surface area contributed by atoms with Crippen LogP contribution in [-0.2, 0) is 17.8 Å². The van der Waals surface area contributed by atoms with E-state index < -0.39 is 0 Å². The second kappa shape index (κ2) is 14.7. The van der Waals surface area contributed by atoms with Crippen LogP contribution in [0.15, 0.2) is 41.4 Å². The van der Waals surface area contributed by atoms with Crippen LogP contribution in [0.1, 0.15) is 23.6 Å². The highest BCUT2D eigenvalue weighted by molar-refractivity contribution is 14.0. The number of ether oxygens (including phenoxy) is 4. The van der Waals surface area contributed by atoms with E-state index in [1.807, 2.05) is 31.2 Å². The van der Waals surface area contributed by atoms with Gasteiger partial charge in [0, 0.05) is 32.3 Å². The largest absolute Gasteiger partial charge is 0.493 e. The molecule has 0 spiro atoms. The summed E-state index contributed by atoms with van der Waals surface area (Å²) in [5.41, 5.74) is 3.28. The maximum absolute atomic E-state index is 5.91. The van der Waals surface area contributed by atoms with Crippen molar-refractivity contribution in [2.24, 2.45) is 4.99 Å². The Hall–Kier alpha value is -2.20. The molecule has 8 heteroatoms. The third-order valence-corrected chi connectivity index (χ3v) is 4.49. The molecule has 0 amide bonds. The van der Waals surface area contributed by atoms with Crippen molar-refractivity contribution in [3.8, 4) is 17.2 Å². The van der Waals surface area contributed by atoms with Crippen LogP contribution in [0.5, 0.6) is 17.2 Å². The fraction of sp³-hybridized carbons (Fsp3) is 0.435. The van der Waals surface area contributed by atoms with Crippen LogP contribution in [0.2, 0.25) is 0 Å². The quantitative estimate of drug-likeness (QED) is 0.194. The second-order valence-corrected chi connectivity index (χ2v) is 6.63. The summed E-state index contributed by atoms with van der Waals surface area (Å²) in [7, 11) is 5.01. The highest BCUT2D eigenvalue weighted by Gasteiger charge is 2.08. The molecule has 0 saturated carbocycles. The van der Waals surface area contributed by atoms with Gasteiger partial charge < -0.3 is 29.6 Å². The van der Waals surface area contributed by atoms with E-state index in [4.69, 9.17) is 18.9 Å². The first-order chi connectivity index (χ1) is 14.6. The molecule has 2 N–H and O–H groups in total. The maximum Gasteiger partial charge on any atom is 0.191 e. The lowest BCUT2D eigenvalue weighted by Gasteiger charge is -2.16. The van der Waals surface area contributed by atoms with Crippen molar-refractivity contribution in [3.05, 3.63) is 53.1 Å². The molecule has 172 valence electrons. The van der Waals surface area contributed by atoms with Crippen LogP contribution in [0.25, 0.3) is 0 Å². The predicted octanol–water partition coefficient (Wildman–Crippen LogP) is 3.91. The fourth-order valence-corrected chi connectivity index (χ4v) is 2.87. The number of halogens is 1. The number of aryl methyl sites for hydroxylation is 1. The highest BCUT2D eigenvalue weighted by Crippen LogP contribution is 2.27. The van der Waals surface area contributed by atoms with Crippen molar-refractivity contribution in [1.29, 1.82) is 0 Å². The molecule has 0 bridgehead atoms. The molecule has 0 heterocycles. The van der Waals surface area contributed by atoms with Gasteiger partial charge in [0.2, 0.25) is 0 Å². The Kier molecular flexibility index (Phi) is 12.8. The number of hydrogen-bond donors (Lipinski definition) is 2. The van der Waals surface area contributed by atoms with Gasteiger partial charge in [0.25, 0.3) is 0 Å². The summed E-state index contributed by atoms with van der Waals surface area (Å²) in [4.78, 5) is 4.31. The van der Waals surface area contributed by atoms with Crippen molar-refractivity contribution < 1.29 is 18.9 Å². The van der Waals surface area contributed by atoms with Gasteiger partial charge in [0.1, 0.15) is 12.4 Å². The smallest absolute Gasteiger partial charge is 0.191 e. The topological polar surface area (TPSA) is 73.3 Å². The van der Waals surface area contributed by atoms with Gasteiger partial charge in [0.15, 0.2) is 17.5 Å². The molecule has 0 saturated heterocycles. The van der Waals surface area contributed by atoms with Crippen LogP contribution in [0.4, 0.5) is 0 Å². The summed E-state index contributed by atoms with van der Waals surface area (Å²) >= 11 is 0. The lowest BCUT2D eigenvalue weighted by Crippen LogP contribution is -2.36. The van der Waals surface area contributed by atoms with Crippen LogP contribution >= 0.6 is 24.0 Å². The molecule has 2 aromatic rings. The van der Waals surface area contributed by atoms with E-state index in [0.29, 0.717) is 50.4 Å². The molecule has 0 aliphatic rings. The molecule has 0 unspecified atom stereocenters. The standard InChI is InChI=1S/C23H33N3O4.HI/c1-6-29-11-12-30-21-13-17(2)7-9-19(21)16-26-23(24-3)25-15-18-8-10-20(27-4)22(14-18)28-5;/h7-10,13-14H,6,11-12,15-16H2,1-5H3,(H2,24,25,26);1H. The van der Waals surface area contributed by atoms with E-state index in [2.05, 4.69) is 34.7 Å². The van der Waals surface area contributed by atoms with Gasteiger partial charge in [-0.15, -0.1) is 24.0 Å². The Bertz CT molecular complexity index is 830. The molecular formula is C23H34IN3O4. The Morgan fingerprint density at radius 1 is 0.903 bits per heavy atom. The van der Waals surface area contributed by atoms with Crippen molar-refractivity contribution in [1.82, 2.24) is 10.6 Å². The summed E-state index contributed by atoms with van der Waals surface area (Å²) in [5.74, 6) is 2.97. The zero-order chi connectivity index (χ0) is 21.8. The summed E-state index contributed by atoms with van der Waals surface area (Å²) in [6.45, 7) is 7.01. The average molecular weight is 543 g/mol. The zero-order valence-electron chi connectivity index (χ0n) is 19.0. The first-order valence-electron chi connectivity index (χ1n) is 10.1. The molecule has 2 aromatic carbocycles. The van der Waals surface area contributed by atoms with Gasteiger partial charge in [-0.3, -0.25) is 4.99 Å². The van der Waals surface area contributed by atoms with E-state index in [9.17, 15) is 0 Å². The Balaban J connectivity index is 0.00000480. The number of nitrogens with one attached hydrogen (secondary N) is 2. The maximum atomic E-state index is 5.91. The van der Waals surface area contributed by atoms with Gasteiger partial charge in [-0.05, 0) is 43.2 Å². The third-order valence-electron chi connectivity index (χ3n) is 4.49. The lowest BCUT2D eigenvalue weighted by molar-refractivity contribution is 0.110. The van der Waals surface area contributed by atoms with E-state index >= 15 is 0 Å². The fourth-order valence-electron chi connectivity index (χ4n) is 2.87. The Morgan fingerprint density at radius 2 is 1.65 bits per heavy atom. The summed E-state index contributed by atoms with van der Waals surface area (Å²) < 4.78 is 21.9. The number of hydrogen-bond acceptors (Lipinski definition) is 5. The Labute approximate surface area is 202 Å². The Morgan fingerprint density at radius 3 is 2.32 bits per heavy atom. The molecule has 2 rings (SSSR count). The zero-order valence-corrected chi connectivity index (χ0v) is 21.3. The van der Waals surface area contributed by atoms with Gasteiger partial charge in [-0.2, -0.15) is 0 Å². The van der Waals surface area contributed by atoms with Crippen molar-refractivity contribution in [2.75, 3.05) is 41.1 Å². The normalized spacial score (nSPS) is 10.8. The molecule has 0 fully saturated rings. The summed E-state index contributed by atoms with van der Waals surface area (Å²) in [6.07, 6.45) is 0. The molecule has 0 radical (unpaired) electrons. The number of guanidine groups is 1. The van der Waals surface area contributed by atoms with E-state index in [1.165, 1.54) is 0 Å². The number of nitrogens with zero attached hydrogens (tertiary/aromatic N) is 1. The highest BCUT2D eigenvalue weighted by atomic mass is 127. The monoisotopic (exact) mass is 543 g/mol. The van der Waals surface area contributed by atoms with Gasteiger partial charge in [-0.1, -0.05) is 18.2 Å². The minimum Gasteiger partial charge on any atom is -0.493 e. The molecule has 0 aliphatic heterocycles. The second-order valence-electron chi connectivity index (χ2n) is 6.63. The van der Waals surface area contributed by atoms with Gasteiger partial charge in [-0.25, -0.2) is 0 Å². The minimum atomic E-state index is 0. The summed E-state index contributed by atoms with van der Waals surface area (Å²) in [6, 6.07) is 12.0. The first-order valence-corrected chi connectivity index (χ1v) is 10.1. The number of aliphatic imine (C=N–C) groups is 1. The molecular weight excluding hydrogens is 509 g/mol. The van der Waals surface area contributed by atoms with Crippen molar-refractivity contribution in [2.45, 2.75) is 26.9 Å². The average Bonchev–Trinajstić information content (AvgIpc) is 2.77. The van der Waals surface area contributed by atoms with Gasteiger partial charge in [0.05, 0.1) is 20.8 Å². The van der Waals surface area contributed by atoms with E-state index in [1.54, 1.807) is 21.3 Å². The van der Waals surface area contributed by atoms with Crippen LogP contribution < -0.4 is 24.8 Å². The van der Waals surface area contributed by atoms with Crippen LogP contribution in [0, 0.1) is 6.92 Å². The molecule has 31 heavy (non-hydrogen) atoms.